The van der Waals surface area contributed by atoms with E-state index in [-0.39, 0.29) is 5.54 Å². The van der Waals surface area contributed by atoms with Crippen molar-refractivity contribution in [1.82, 2.24) is 10.6 Å². The molecule has 48 valence electrons. The van der Waals surface area contributed by atoms with Crippen molar-refractivity contribution in [1.29, 1.82) is 0 Å². The van der Waals surface area contributed by atoms with Crippen LogP contribution in [0.5, 0.6) is 0 Å². The van der Waals surface area contributed by atoms with Crippen LogP contribution >= 0.6 is 0 Å². The van der Waals surface area contributed by atoms with Gasteiger partial charge in [-0.05, 0) is 12.3 Å². The lowest BCUT2D eigenvalue weighted by molar-refractivity contribution is 0.551. The summed E-state index contributed by atoms with van der Waals surface area (Å²) in [5, 5.41) is 6.53. The molecule has 2 heterocycles. The minimum absolute atomic E-state index is 0.167. The van der Waals surface area contributed by atoms with Gasteiger partial charge in [-0.25, -0.2) is 0 Å². The zero-order chi connectivity index (χ0) is 6.16. The van der Waals surface area contributed by atoms with Gasteiger partial charge in [0.25, 0.3) is 0 Å². The van der Waals surface area contributed by atoms with Crippen LogP contribution in [0, 0.1) is 0 Å². The van der Waals surface area contributed by atoms with Crippen LogP contribution in [0.2, 0.25) is 0 Å². The van der Waals surface area contributed by atoms with Gasteiger partial charge in [0.1, 0.15) is 0 Å². The Balaban J connectivity index is 2.23. The van der Waals surface area contributed by atoms with Crippen LogP contribution in [0.4, 0.5) is 0 Å². The smallest absolute Gasteiger partial charge is 0.0745 e. The minimum Gasteiger partial charge on any atom is -0.389 e. The predicted molar refractivity (Wildman–Crippen MR) is 37.0 cm³/mol. The van der Waals surface area contributed by atoms with Gasteiger partial charge in [-0.1, -0.05) is 12.2 Å². The van der Waals surface area contributed by atoms with Gasteiger partial charge in [-0.15, -0.1) is 0 Å². The van der Waals surface area contributed by atoms with E-state index in [0.717, 1.165) is 13.1 Å². The third-order valence-corrected chi connectivity index (χ3v) is 1.86. The zero-order valence-corrected chi connectivity index (χ0v) is 5.22. The van der Waals surface area contributed by atoms with E-state index in [2.05, 4.69) is 28.9 Å². The highest BCUT2D eigenvalue weighted by molar-refractivity contribution is 5.27. The Labute approximate surface area is 54.6 Å². The van der Waals surface area contributed by atoms with Crippen LogP contribution < -0.4 is 10.6 Å². The molecule has 1 atom stereocenters. The van der Waals surface area contributed by atoms with E-state index in [1.165, 1.54) is 0 Å². The average Bonchev–Trinajstić information content (AvgIpc) is 2.45. The summed E-state index contributed by atoms with van der Waals surface area (Å²) in [4.78, 5) is 0. The van der Waals surface area contributed by atoms with E-state index in [4.69, 9.17) is 0 Å². The molecule has 2 rings (SSSR count). The van der Waals surface area contributed by atoms with Crippen molar-refractivity contribution in [2.75, 3.05) is 13.1 Å². The molecule has 0 bridgehead atoms. The monoisotopic (exact) mass is 122 g/mol. The van der Waals surface area contributed by atoms with E-state index in [9.17, 15) is 0 Å². The molecule has 0 saturated heterocycles. The topological polar surface area (TPSA) is 24.1 Å². The molecule has 0 aromatic rings. The molecule has 2 heteroatoms. The molecule has 2 nitrogen and oxygen atoms in total. The van der Waals surface area contributed by atoms with Crippen LogP contribution in [0.25, 0.3) is 0 Å². The summed E-state index contributed by atoms with van der Waals surface area (Å²) < 4.78 is 0. The lowest BCUT2D eigenvalue weighted by Gasteiger charge is -2.17. The molecular formula is C7H10N2. The molecule has 0 aliphatic carbocycles. The van der Waals surface area contributed by atoms with E-state index >= 15 is 0 Å². The zero-order valence-electron chi connectivity index (χ0n) is 5.22. The van der Waals surface area contributed by atoms with Crippen LogP contribution in [-0.2, 0) is 0 Å². The summed E-state index contributed by atoms with van der Waals surface area (Å²) in [6.07, 6.45) is 8.54. The molecule has 0 aromatic heterocycles. The third-order valence-electron chi connectivity index (χ3n) is 1.86. The number of hydrogen-bond acceptors (Lipinski definition) is 2. The lowest BCUT2D eigenvalue weighted by atomic mass is 10.0. The molecule has 2 aliphatic rings. The summed E-state index contributed by atoms with van der Waals surface area (Å²) in [5.41, 5.74) is 0.167. The van der Waals surface area contributed by atoms with Gasteiger partial charge >= 0.3 is 0 Å². The molecule has 1 spiro atoms. The Morgan fingerprint density at radius 1 is 1.33 bits per heavy atom. The van der Waals surface area contributed by atoms with Gasteiger partial charge < -0.3 is 5.32 Å². The first-order chi connectivity index (χ1) is 4.41. The average molecular weight is 122 g/mol. The molecule has 2 N–H and O–H groups in total. The van der Waals surface area contributed by atoms with Gasteiger partial charge in [0.2, 0.25) is 0 Å². The first kappa shape index (κ1) is 5.06. The van der Waals surface area contributed by atoms with Gasteiger partial charge in [0.15, 0.2) is 0 Å². The maximum atomic E-state index is 3.37. The first-order valence-corrected chi connectivity index (χ1v) is 3.25. The molecule has 0 saturated carbocycles. The molecule has 0 fully saturated rings. The van der Waals surface area contributed by atoms with Crippen molar-refractivity contribution in [3.8, 4) is 0 Å². The summed E-state index contributed by atoms with van der Waals surface area (Å²) >= 11 is 0. The van der Waals surface area contributed by atoms with E-state index in [1.807, 2.05) is 6.20 Å². The largest absolute Gasteiger partial charge is 0.389 e. The molecule has 0 radical (unpaired) electrons. The predicted octanol–water partition coefficient (Wildman–Crippen LogP) is 0.00150. The van der Waals surface area contributed by atoms with Gasteiger partial charge in [0.05, 0.1) is 5.54 Å². The fourth-order valence-electron chi connectivity index (χ4n) is 1.31. The van der Waals surface area contributed by atoms with Gasteiger partial charge in [-0.2, -0.15) is 0 Å². The highest BCUT2D eigenvalue weighted by atomic mass is 15.1. The molecule has 9 heavy (non-hydrogen) atoms. The Morgan fingerprint density at radius 3 is 2.89 bits per heavy atom. The van der Waals surface area contributed by atoms with Gasteiger partial charge in [0, 0.05) is 13.1 Å². The van der Waals surface area contributed by atoms with E-state index in [1.54, 1.807) is 0 Å². The molecule has 0 amide bonds. The quantitative estimate of drug-likeness (QED) is 0.442. The summed E-state index contributed by atoms with van der Waals surface area (Å²) in [6.45, 7) is 2.01. The summed E-state index contributed by atoms with van der Waals surface area (Å²) in [5.74, 6) is 0. The second-order valence-electron chi connectivity index (χ2n) is 2.54. The van der Waals surface area contributed by atoms with Crippen molar-refractivity contribution < 1.29 is 0 Å². The standard InChI is InChI=1S/C7H10N2/c1-2-7(9-4-1)3-5-8-6-7/h1-3,5,8-9H,4,6H2. The second kappa shape index (κ2) is 1.61. The minimum atomic E-state index is 0.167. The summed E-state index contributed by atoms with van der Waals surface area (Å²) in [7, 11) is 0. The number of rotatable bonds is 0. The Bertz CT molecular complexity index is 150. The van der Waals surface area contributed by atoms with Gasteiger partial charge in [-0.3, -0.25) is 5.32 Å². The maximum absolute atomic E-state index is 3.37. The molecular weight excluding hydrogens is 112 g/mol. The highest BCUT2D eigenvalue weighted by Gasteiger charge is 2.27. The van der Waals surface area contributed by atoms with Crippen LogP contribution in [0.3, 0.4) is 0 Å². The lowest BCUT2D eigenvalue weighted by Crippen LogP contribution is -2.41. The Hall–Kier alpha value is -0.760. The van der Waals surface area contributed by atoms with Crippen LogP contribution in [0.1, 0.15) is 0 Å². The first-order valence-electron chi connectivity index (χ1n) is 3.25. The fraction of sp³-hybridized carbons (Fsp3) is 0.429. The third kappa shape index (κ3) is 0.669. The Morgan fingerprint density at radius 2 is 2.33 bits per heavy atom. The Kier molecular flexibility index (Phi) is 0.904. The SMILES string of the molecule is C1=CC2(C=CNC2)NC1. The van der Waals surface area contributed by atoms with Crippen molar-refractivity contribution in [3.05, 3.63) is 24.4 Å². The van der Waals surface area contributed by atoms with E-state index < -0.39 is 0 Å². The fourth-order valence-corrected chi connectivity index (χ4v) is 1.31. The molecule has 2 aliphatic heterocycles. The maximum Gasteiger partial charge on any atom is 0.0745 e. The van der Waals surface area contributed by atoms with Crippen LogP contribution in [-0.4, -0.2) is 18.6 Å². The second-order valence-corrected chi connectivity index (χ2v) is 2.54. The summed E-state index contributed by atoms with van der Waals surface area (Å²) in [6, 6.07) is 0. The van der Waals surface area contributed by atoms with Crippen LogP contribution in [0.15, 0.2) is 24.4 Å². The van der Waals surface area contributed by atoms with Crippen molar-refractivity contribution >= 4 is 0 Å². The molecule has 0 aromatic carbocycles. The number of hydrogen-bond donors (Lipinski definition) is 2. The normalized spacial score (nSPS) is 38.2. The van der Waals surface area contributed by atoms with Crippen molar-refractivity contribution in [2.45, 2.75) is 5.54 Å². The number of nitrogens with one attached hydrogen (secondary N) is 2. The van der Waals surface area contributed by atoms with Crippen molar-refractivity contribution in [2.24, 2.45) is 0 Å². The van der Waals surface area contributed by atoms with E-state index in [0.29, 0.717) is 0 Å². The molecule has 1 unspecified atom stereocenters. The highest BCUT2D eigenvalue weighted by Crippen LogP contribution is 2.15. The van der Waals surface area contributed by atoms with Crippen molar-refractivity contribution in [3.63, 3.8) is 0 Å².